The lowest BCUT2D eigenvalue weighted by Gasteiger charge is -2.20. The summed E-state index contributed by atoms with van der Waals surface area (Å²) in [5.41, 5.74) is 8.39. The van der Waals surface area contributed by atoms with Gasteiger partial charge in [0, 0.05) is 18.6 Å². The Bertz CT molecular complexity index is 264. The van der Waals surface area contributed by atoms with Crippen LogP contribution in [0.1, 0.15) is 30.5 Å². The topological polar surface area (TPSA) is 46.2 Å². The predicted octanol–water partition coefficient (Wildman–Crippen LogP) is 2.01. The van der Waals surface area contributed by atoms with Gasteiger partial charge in [0.05, 0.1) is 0 Å². The van der Waals surface area contributed by atoms with Crippen molar-refractivity contribution < 1.29 is 5.11 Å². The van der Waals surface area contributed by atoms with E-state index in [0.29, 0.717) is 0 Å². The average Bonchev–Trinajstić information content (AvgIpc) is 2.20. The first-order valence-corrected chi connectivity index (χ1v) is 5.12. The second kappa shape index (κ2) is 5.13. The summed E-state index contributed by atoms with van der Waals surface area (Å²) >= 11 is 0. The van der Waals surface area contributed by atoms with Crippen molar-refractivity contribution in [3.05, 3.63) is 35.4 Å². The molecule has 0 fully saturated rings. The van der Waals surface area contributed by atoms with Crippen LogP contribution in [0.15, 0.2) is 24.3 Å². The molecule has 2 nitrogen and oxygen atoms in total. The van der Waals surface area contributed by atoms with Gasteiger partial charge in [-0.2, -0.15) is 0 Å². The van der Waals surface area contributed by atoms with Crippen molar-refractivity contribution in [1.82, 2.24) is 0 Å². The Hall–Kier alpha value is -0.860. The molecule has 1 rings (SSSR count). The number of aliphatic hydroxyl groups excluding tert-OH is 1. The molecule has 0 saturated heterocycles. The Balaban J connectivity index is 2.77. The maximum atomic E-state index is 9.13. The first-order valence-electron chi connectivity index (χ1n) is 5.12. The van der Waals surface area contributed by atoms with Gasteiger partial charge in [0.25, 0.3) is 0 Å². The normalized spacial score (nSPS) is 15.1. The SMILES string of the molecule is CCC(CO)C(N)c1ccc(C)cc1. The molecule has 2 heteroatoms. The molecule has 0 saturated carbocycles. The first kappa shape index (κ1) is 11.2. The van der Waals surface area contributed by atoms with Crippen LogP contribution in [0.4, 0.5) is 0 Å². The molecule has 0 aromatic heterocycles. The monoisotopic (exact) mass is 193 g/mol. The van der Waals surface area contributed by atoms with Crippen molar-refractivity contribution in [3.8, 4) is 0 Å². The highest BCUT2D eigenvalue weighted by Gasteiger charge is 2.16. The van der Waals surface area contributed by atoms with E-state index in [4.69, 9.17) is 10.8 Å². The average molecular weight is 193 g/mol. The molecule has 78 valence electrons. The van der Waals surface area contributed by atoms with Crippen molar-refractivity contribution >= 4 is 0 Å². The molecule has 0 aliphatic heterocycles. The van der Waals surface area contributed by atoms with Crippen LogP contribution in [0, 0.1) is 12.8 Å². The Labute approximate surface area is 85.8 Å². The molecule has 0 aliphatic carbocycles. The highest BCUT2D eigenvalue weighted by atomic mass is 16.3. The van der Waals surface area contributed by atoms with Gasteiger partial charge in [-0.3, -0.25) is 0 Å². The van der Waals surface area contributed by atoms with Gasteiger partial charge >= 0.3 is 0 Å². The van der Waals surface area contributed by atoms with Crippen molar-refractivity contribution in [2.75, 3.05) is 6.61 Å². The zero-order valence-electron chi connectivity index (χ0n) is 8.90. The number of aryl methyl sites for hydroxylation is 1. The van der Waals surface area contributed by atoms with Gasteiger partial charge in [-0.15, -0.1) is 0 Å². The third-order valence-corrected chi connectivity index (χ3v) is 2.73. The quantitative estimate of drug-likeness (QED) is 0.768. The molecule has 1 aromatic carbocycles. The summed E-state index contributed by atoms with van der Waals surface area (Å²) < 4.78 is 0. The molecule has 2 atom stereocenters. The summed E-state index contributed by atoms with van der Waals surface area (Å²) in [5, 5.41) is 9.13. The van der Waals surface area contributed by atoms with E-state index < -0.39 is 0 Å². The van der Waals surface area contributed by atoms with E-state index in [1.807, 2.05) is 12.1 Å². The van der Waals surface area contributed by atoms with Crippen LogP contribution in [0.5, 0.6) is 0 Å². The van der Waals surface area contributed by atoms with Gasteiger partial charge < -0.3 is 10.8 Å². The fraction of sp³-hybridized carbons (Fsp3) is 0.500. The molecule has 14 heavy (non-hydrogen) atoms. The molecule has 0 heterocycles. The molecule has 3 N–H and O–H groups in total. The van der Waals surface area contributed by atoms with Crippen LogP contribution >= 0.6 is 0 Å². The summed E-state index contributed by atoms with van der Waals surface area (Å²) in [6.07, 6.45) is 0.908. The minimum atomic E-state index is -0.0504. The lowest BCUT2D eigenvalue weighted by Crippen LogP contribution is -2.23. The molecular weight excluding hydrogens is 174 g/mol. The van der Waals surface area contributed by atoms with Crippen LogP contribution in [0.25, 0.3) is 0 Å². The Morgan fingerprint density at radius 1 is 1.29 bits per heavy atom. The van der Waals surface area contributed by atoms with Crippen molar-refractivity contribution in [2.45, 2.75) is 26.3 Å². The van der Waals surface area contributed by atoms with E-state index in [9.17, 15) is 0 Å². The third kappa shape index (κ3) is 2.56. The summed E-state index contributed by atoms with van der Waals surface area (Å²) in [6, 6.07) is 8.14. The molecular formula is C12H19NO. The highest BCUT2D eigenvalue weighted by molar-refractivity contribution is 5.24. The highest BCUT2D eigenvalue weighted by Crippen LogP contribution is 2.21. The van der Waals surface area contributed by atoms with Gasteiger partial charge in [0.15, 0.2) is 0 Å². The van der Waals surface area contributed by atoms with Gasteiger partial charge in [-0.05, 0) is 18.9 Å². The van der Waals surface area contributed by atoms with Crippen LogP contribution in [-0.4, -0.2) is 11.7 Å². The van der Waals surface area contributed by atoms with Crippen molar-refractivity contribution in [3.63, 3.8) is 0 Å². The fourth-order valence-corrected chi connectivity index (χ4v) is 1.56. The standard InChI is InChI=1S/C12H19NO/c1-3-10(8-14)12(13)11-6-4-9(2)5-7-11/h4-7,10,12,14H,3,8,13H2,1-2H3. The van der Waals surface area contributed by atoms with E-state index in [0.717, 1.165) is 12.0 Å². The first-order chi connectivity index (χ1) is 6.69. The molecule has 0 spiro atoms. The summed E-state index contributed by atoms with van der Waals surface area (Å²) in [5.74, 6) is 0.165. The molecule has 1 aromatic rings. The van der Waals surface area contributed by atoms with Gasteiger partial charge in [0.2, 0.25) is 0 Å². The second-order valence-corrected chi connectivity index (χ2v) is 3.79. The largest absolute Gasteiger partial charge is 0.396 e. The lowest BCUT2D eigenvalue weighted by atomic mass is 9.92. The fourth-order valence-electron chi connectivity index (χ4n) is 1.56. The Morgan fingerprint density at radius 2 is 1.86 bits per heavy atom. The minimum absolute atomic E-state index is 0.0504. The lowest BCUT2D eigenvalue weighted by molar-refractivity contribution is 0.200. The van der Waals surface area contributed by atoms with E-state index in [-0.39, 0.29) is 18.6 Å². The molecule has 2 unspecified atom stereocenters. The van der Waals surface area contributed by atoms with E-state index in [1.54, 1.807) is 0 Å². The van der Waals surface area contributed by atoms with Crippen LogP contribution in [0.2, 0.25) is 0 Å². The van der Waals surface area contributed by atoms with Gasteiger partial charge in [-0.1, -0.05) is 36.8 Å². The van der Waals surface area contributed by atoms with Crippen LogP contribution < -0.4 is 5.73 Å². The van der Waals surface area contributed by atoms with Crippen LogP contribution in [0.3, 0.4) is 0 Å². The Morgan fingerprint density at radius 3 is 2.29 bits per heavy atom. The molecule has 0 bridgehead atoms. The van der Waals surface area contributed by atoms with Gasteiger partial charge in [-0.25, -0.2) is 0 Å². The second-order valence-electron chi connectivity index (χ2n) is 3.79. The van der Waals surface area contributed by atoms with Crippen LogP contribution in [-0.2, 0) is 0 Å². The van der Waals surface area contributed by atoms with Crippen molar-refractivity contribution in [1.29, 1.82) is 0 Å². The zero-order chi connectivity index (χ0) is 10.6. The zero-order valence-corrected chi connectivity index (χ0v) is 8.90. The molecule has 0 amide bonds. The maximum Gasteiger partial charge on any atom is 0.0477 e. The number of benzene rings is 1. The molecule has 0 radical (unpaired) electrons. The van der Waals surface area contributed by atoms with Crippen molar-refractivity contribution in [2.24, 2.45) is 11.7 Å². The maximum absolute atomic E-state index is 9.13. The van der Waals surface area contributed by atoms with E-state index >= 15 is 0 Å². The number of aliphatic hydroxyl groups is 1. The summed E-state index contributed by atoms with van der Waals surface area (Å²) in [7, 11) is 0. The Kier molecular flexibility index (Phi) is 4.11. The third-order valence-electron chi connectivity index (χ3n) is 2.73. The summed E-state index contributed by atoms with van der Waals surface area (Å²) in [6.45, 7) is 4.26. The van der Waals surface area contributed by atoms with Gasteiger partial charge in [0.1, 0.15) is 0 Å². The minimum Gasteiger partial charge on any atom is -0.396 e. The number of hydrogen-bond donors (Lipinski definition) is 2. The molecule has 0 aliphatic rings. The predicted molar refractivity (Wildman–Crippen MR) is 59.0 cm³/mol. The number of hydrogen-bond acceptors (Lipinski definition) is 2. The number of nitrogens with two attached hydrogens (primary N) is 1. The van der Waals surface area contributed by atoms with E-state index in [2.05, 4.69) is 26.0 Å². The smallest absolute Gasteiger partial charge is 0.0477 e. The number of rotatable bonds is 4. The van der Waals surface area contributed by atoms with E-state index in [1.165, 1.54) is 5.56 Å². The summed E-state index contributed by atoms with van der Waals surface area (Å²) in [4.78, 5) is 0.